The molecule has 0 radical (unpaired) electrons. The molecule has 0 bridgehead atoms. The van der Waals surface area contributed by atoms with Gasteiger partial charge in [-0.1, -0.05) is 36.4 Å². The van der Waals surface area contributed by atoms with E-state index in [0.717, 1.165) is 38.5 Å². The summed E-state index contributed by atoms with van der Waals surface area (Å²) in [6.45, 7) is 0. The van der Waals surface area contributed by atoms with Gasteiger partial charge in [-0.25, -0.2) is 4.98 Å². The molecule has 3 heterocycles. The Labute approximate surface area is 132 Å². The largest absolute Gasteiger partial charge is 0.437 e. The lowest BCUT2D eigenvalue weighted by Gasteiger charge is -2.00. The van der Waals surface area contributed by atoms with Crippen LogP contribution in [0.5, 0.6) is 0 Å². The van der Waals surface area contributed by atoms with E-state index in [-0.39, 0.29) is 0 Å². The average molecular weight is 296 g/mol. The van der Waals surface area contributed by atoms with Gasteiger partial charge in [-0.15, -0.1) is 0 Å². The van der Waals surface area contributed by atoms with Crippen molar-refractivity contribution in [2.24, 2.45) is 0 Å². The second kappa shape index (κ2) is 4.65. The maximum Gasteiger partial charge on any atom is 0.227 e. The summed E-state index contributed by atoms with van der Waals surface area (Å²) in [5.74, 6) is 0. The third-order valence-corrected chi connectivity index (χ3v) is 4.13. The van der Waals surface area contributed by atoms with E-state index >= 15 is 0 Å². The van der Waals surface area contributed by atoms with Gasteiger partial charge in [0.2, 0.25) is 5.71 Å². The Hall–Kier alpha value is -3.20. The molecule has 3 heteroatoms. The second-order valence-corrected chi connectivity index (χ2v) is 5.53. The minimum Gasteiger partial charge on any atom is -0.437 e. The second-order valence-electron chi connectivity index (χ2n) is 5.53. The van der Waals surface area contributed by atoms with Crippen molar-refractivity contribution in [1.29, 1.82) is 0 Å². The molecule has 0 amide bonds. The quantitative estimate of drug-likeness (QED) is 0.427. The number of nitrogens with zero attached hydrogens (tertiary/aromatic N) is 2. The van der Waals surface area contributed by atoms with Gasteiger partial charge >= 0.3 is 0 Å². The number of hydrogen-bond donors (Lipinski definition) is 0. The van der Waals surface area contributed by atoms with Crippen LogP contribution in [-0.2, 0) is 0 Å². The third kappa shape index (κ3) is 1.83. The van der Waals surface area contributed by atoms with E-state index in [0.29, 0.717) is 5.71 Å². The first-order valence-electron chi connectivity index (χ1n) is 7.52. The van der Waals surface area contributed by atoms with Gasteiger partial charge in [0, 0.05) is 27.9 Å². The molecule has 2 aromatic carbocycles. The van der Waals surface area contributed by atoms with Crippen LogP contribution in [0.25, 0.3) is 44.2 Å². The van der Waals surface area contributed by atoms with Crippen molar-refractivity contribution in [2.45, 2.75) is 0 Å². The number of furan rings is 1. The maximum atomic E-state index is 6.09. The standard InChI is InChI=1S/C20H12N2O/c1-2-9-17-13(6-1)12-16-14-7-5-8-15(18-10-3-4-11-21-18)19(14)23-20(16)22-17/h1-12H. The molecule has 5 aromatic rings. The molecule has 23 heavy (non-hydrogen) atoms. The van der Waals surface area contributed by atoms with Crippen molar-refractivity contribution in [3.05, 3.63) is 72.9 Å². The van der Waals surface area contributed by atoms with E-state index in [1.54, 1.807) is 6.20 Å². The summed E-state index contributed by atoms with van der Waals surface area (Å²) in [6, 6.07) is 22.3. The number of fused-ring (bicyclic) bond motifs is 4. The van der Waals surface area contributed by atoms with E-state index in [1.807, 2.05) is 48.5 Å². The summed E-state index contributed by atoms with van der Waals surface area (Å²) in [5, 5.41) is 3.23. The maximum absolute atomic E-state index is 6.09. The van der Waals surface area contributed by atoms with Gasteiger partial charge in [0.1, 0.15) is 5.58 Å². The van der Waals surface area contributed by atoms with Crippen LogP contribution in [-0.4, -0.2) is 9.97 Å². The van der Waals surface area contributed by atoms with Crippen molar-refractivity contribution >= 4 is 33.0 Å². The fraction of sp³-hybridized carbons (Fsp3) is 0. The fourth-order valence-electron chi connectivity index (χ4n) is 3.05. The van der Waals surface area contributed by atoms with Gasteiger partial charge in [0.05, 0.1) is 11.2 Å². The van der Waals surface area contributed by atoms with E-state index in [2.05, 4.69) is 28.2 Å². The molecule has 0 aliphatic rings. The molecular formula is C20H12N2O. The first-order chi connectivity index (χ1) is 11.4. The molecule has 0 unspecified atom stereocenters. The average Bonchev–Trinajstić information content (AvgIpc) is 2.98. The monoisotopic (exact) mass is 296 g/mol. The minimum atomic E-state index is 0.669. The van der Waals surface area contributed by atoms with Crippen molar-refractivity contribution in [3.8, 4) is 11.3 Å². The molecular weight excluding hydrogens is 284 g/mol. The number of para-hydroxylation sites is 2. The van der Waals surface area contributed by atoms with Gasteiger partial charge in [-0.2, -0.15) is 0 Å². The first kappa shape index (κ1) is 12.4. The smallest absolute Gasteiger partial charge is 0.227 e. The van der Waals surface area contributed by atoms with Crippen molar-refractivity contribution < 1.29 is 4.42 Å². The molecule has 108 valence electrons. The zero-order valence-electron chi connectivity index (χ0n) is 12.2. The number of hydrogen-bond acceptors (Lipinski definition) is 3. The van der Waals surface area contributed by atoms with E-state index in [1.165, 1.54) is 0 Å². The van der Waals surface area contributed by atoms with Crippen LogP contribution < -0.4 is 0 Å². The van der Waals surface area contributed by atoms with Crippen LogP contribution in [0.2, 0.25) is 0 Å². The Morgan fingerprint density at radius 1 is 0.783 bits per heavy atom. The van der Waals surface area contributed by atoms with Crippen molar-refractivity contribution in [1.82, 2.24) is 9.97 Å². The Morgan fingerprint density at radius 3 is 2.61 bits per heavy atom. The predicted octanol–water partition coefficient (Wildman–Crippen LogP) is 5.20. The van der Waals surface area contributed by atoms with Crippen LogP contribution in [0, 0.1) is 0 Å². The zero-order valence-corrected chi connectivity index (χ0v) is 12.2. The third-order valence-electron chi connectivity index (χ3n) is 4.13. The van der Waals surface area contributed by atoms with E-state index < -0.39 is 0 Å². The number of pyridine rings is 2. The minimum absolute atomic E-state index is 0.669. The highest BCUT2D eigenvalue weighted by Crippen LogP contribution is 2.35. The number of rotatable bonds is 1. The van der Waals surface area contributed by atoms with Gasteiger partial charge in [0.15, 0.2) is 0 Å². The molecule has 0 saturated carbocycles. The Kier molecular flexibility index (Phi) is 2.50. The Balaban J connectivity index is 1.91. The van der Waals surface area contributed by atoms with Crippen LogP contribution in [0.4, 0.5) is 0 Å². The molecule has 3 aromatic heterocycles. The summed E-state index contributed by atoms with van der Waals surface area (Å²) < 4.78 is 6.09. The van der Waals surface area contributed by atoms with E-state index in [4.69, 9.17) is 4.42 Å². The Morgan fingerprint density at radius 2 is 1.70 bits per heavy atom. The summed E-state index contributed by atoms with van der Waals surface area (Å²) >= 11 is 0. The molecule has 0 aliphatic carbocycles. The molecule has 0 aliphatic heterocycles. The van der Waals surface area contributed by atoms with Gasteiger partial charge in [0.25, 0.3) is 0 Å². The zero-order chi connectivity index (χ0) is 15.2. The summed E-state index contributed by atoms with van der Waals surface area (Å²) in [4.78, 5) is 9.11. The topological polar surface area (TPSA) is 38.9 Å². The highest BCUT2D eigenvalue weighted by Gasteiger charge is 2.14. The van der Waals surface area contributed by atoms with Crippen LogP contribution in [0.15, 0.2) is 77.3 Å². The van der Waals surface area contributed by atoms with Crippen LogP contribution >= 0.6 is 0 Å². The molecule has 5 rings (SSSR count). The molecule has 0 spiro atoms. The van der Waals surface area contributed by atoms with Gasteiger partial charge in [-0.05, 0) is 30.3 Å². The molecule has 0 saturated heterocycles. The van der Waals surface area contributed by atoms with Gasteiger partial charge in [-0.3, -0.25) is 4.98 Å². The normalized spacial score (nSPS) is 11.5. The lowest BCUT2D eigenvalue weighted by Crippen LogP contribution is -1.81. The SMILES string of the molecule is c1ccc(-c2cccc3c2oc2nc4ccccc4cc23)nc1. The summed E-state index contributed by atoms with van der Waals surface area (Å²) in [6.07, 6.45) is 1.80. The molecule has 0 fully saturated rings. The number of aromatic nitrogens is 2. The lowest BCUT2D eigenvalue weighted by molar-refractivity contribution is 0.657. The van der Waals surface area contributed by atoms with Gasteiger partial charge < -0.3 is 4.42 Å². The Bertz CT molecular complexity index is 1160. The fourth-order valence-corrected chi connectivity index (χ4v) is 3.05. The molecule has 0 N–H and O–H groups in total. The van der Waals surface area contributed by atoms with Crippen molar-refractivity contribution in [3.63, 3.8) is 0 Å². The molecule has 0 atom stereocenters. The van der Waals surface area contributed by atoms with Crippen LogP contribution in [0.3, 0.4) is 0 Å². The lowest BCUT2D eigenvalue weighted by atomic mass is 10.1. The van der Waals surface area contributed by atoms with E-state index in [9.17, 15) is 0 Å². The number of benzene rings is 2. The first-order valence-corrected chi connectivity index (χ1v) is 7.52. The highest BCUT2D eigenvalue weighted by atomic mass is 16.3. The predicted molar refractivity (Wildman–Crippen MR) is 92.3 cm³/mol. The van der Waals surface area contributed by atoms with Crippen LogP contribution in [0.1, 0.15) is 0 Å². The highest BCUT2D eigenvalue weighted by molar-refractivity contribution is 6.10. The summed E-state index contributed by atoms with van der Waals surface area (Å²) in [5.41, 5.74) is 4.34. The summed E-state index contributed by atoms with van der Waals surface area (Å²) in [7, 11) is 0. The van der Waals surface area contributed by atoms with Crippen molar-refractivity contribution in [2.75, 3.05) is 0 Å². The molecule has 3 nitrogen and oxygen atoms in total.